The fourth-order valence-corrected chi connectivity index (χ4v) is 6.27. The molecule has 2 heterocycles. The summed E-state index contributed by atoms with van der Waals surface area (Å²) in [5, 5.41) is 0.994. The lowest BCUT2D eigenvalue weighted by Crippen LogP contribution is -2.53. The van der Waals surface area contributed by atoms with Crippen molar-refractivity contribution < 1.29 is 17.9 Å². The van der Waals surface area contributed by atoms with Crippen LogP contribution < -0.4 is 4.74 Å². The first-order valence-corrected chi connectivity index (χ1v) is 15.0. The number of hydrogen-bond acceptors (Lipinski definition) is 5. The number of benzene rings is 2. The Morgan fingerprint density at radius 2 is 1.68 bits per heavy atom. The van der Waals surface area contributed by atoms with Crippen molar-refractivity contribution >= 4 is 39.3 Å². The first kappa shape index (κ1) is 28.0. The minimum atomic E-state index is -3.26. The molecule has 0 aliphatic carbocycles. The number of amides is 2. The van der Waals surface area contributed by atoms with E-state index >= 15 is 0 Å². The molecule has 202 valence electrons. The Morgan fingerprint density at radius 3 is 2.27 bits per heavy atom. The average Bonchev–Trinajstić information content (AvgIpc) is 3.32. The van der Waals surface area contributed by atoms with E-state index in [9.17, 15) is 13.2 Å². The summed E-state index contributed by atoms with van der Waals surface area (Å²) in [6.07, 6.45) is 1.21. The highest BCUT2D eigenvalue weighted by Crippen LogP contribution is 2.35. The number of likely N-dealkylation sites (N-methyl/N-ethyl adjacent to an activating group) is 1. The molecule has 2 atom stereocenters. The van der Waals surface area contributed by atoms with Gasteiger partial charge in [-0.3, -0.25) is 4.90 Å². The molecule has 2 amide bonds. The van der Waals surface area contributed by atoms with E-state index in [0.717, 1.165) is 16.9 Å². The van der Waals surface area contributed by atoms with Gasteiger partial charge in [0, 0.05) is 57.8 Å². The van der Waals surface area contributed by atoms with E-state index in [0.29, 0.717) is 62.5 Å². The highest BCUT2D eigenvalue weighted by molar-refractivity contribution is 7.88. The fourth-order valence-electron chi connectivity index (χ4n) is 5.13. The molecule has 2 fully saturated rings. The monoisotopic (exact) mass is 568 g/mol. The normalized spacial score (nSPS) is 21.0. The van der Waals surface area contributed by atoms with Gasteiger partial charge < -0.3 is 14.5 Å². The summed E-state index contributed by atoms with van der Waals surface area (Å²) in [7, 11) is -1.18. The number of sulfonamides is 1. The maximum atomic E-state index is 13.5. The first-order chi connectivity index (χ1) is 17.6. The van der Waals surface area contributed by atoms with Crippen LogP contribution in [0, 0.1) is 0 Å². The van der Waals surface area contributed by atoms with E-state index in [2.05, 4.69) is 24.1 Å². The van der Waals surface area contributed by atoms with Gasteiger partial charge in [-0.05, 0) is 49.4 Å². The molecule has 11 heteroatoms. The zero-order chi connectivity index (χ0) is 26.7. The molecule has 2 aliphatic rings. The third-order valence-corrected chi connectivity index (χ3v) is 9.18. The van der Waals surface area contributed by atoms with Gasteiger partial charge in [0.2, 0.25) is 10.0 Å². The second-order valence-corrected chi connectivity index (χ2v) is 12.5. The van der Waals surface area contributed by atoms with Crippen LogP contribution in [0.15, 0.2) is 42.5 Å². The summed E-state index contributed by atoms with van der Waals surface area (Å²) in [6.45, 7) is 5.79. The highest BCUT2D eigenvalue weighted by atomic mass is 35.5. The van der Waals surface area contributed by atoms with E-state index in [1.54, 1.807) is 11.0 Å². The van der Waals surface area contributed by atoms with Gasteiger partial charge in [0.15, 0.2) is 0 Å². The van der Waals surface area contributed by atoms with Crippen LogP contribution in [-0.2, 0) is 16.6 Å². The maximum absolute atomic E-state index is 13.5. The molecule has 4 rings (SSSR count). The average molecular weight is 570 g/mol. The van der Waals surface area contributed by atoms with Crippen LogP contribution in [-0.4, -0.2) is 98.7 Å². The quantitative estimate of drug-likeness (QED) is 0.505. The first-order valence-electron chi connectivity index (χ1n) is 12.4. The zero-order valence-electron chi connectivity index (χ0n) is 21.4. The molecular weight excluding hydrogens is 535 g/mol. The SMILES string of the molecule is CCOc1ccc(CN(C)[C@H]2CN(C(=O)N3CCN(S(C)(=O)=O)CC3)C[C@@H]2c2ccc(Cl)c(Cl)c2)cc1. The molecule has 0 aromatic heterocycles. The van der Waals surface area contributed by atoms with Crippen LogP contribution in [0.25, 0.3) is 0 Å². The molecule has 2 aromatic carbocycles. The van der Waals surface area contributed by atoms with Crippen molar-refractivity contribution in [2.24, 2.45) is 0 Å². The minimum absolute atomic E-state index is 0.0451. The lowest BCUT2D eigenvalue weighted by Gasteiger charge is -2.35. The largest absolute Gasteiger partial charge is 0.494 e. The van der Waals surface area contributed by atoms with Gasteiger partial charge in [-0.1, -0.05) is 41.4 Å². The second kappa shape index (κ2) is 11.8. The van der Waals surface area contributed by atoms with Crippen molar-refractivity contribution in [3.05, 3.63) is 63.6 Å². The predicted octanol–water partition coefficient (Wildman–Crippen LogP) is 3.99. The maximum Gasteiger partial charge on any atom is 0.320 e. The Labute approximate surface area is 229 Å². The molecular formula is C26H34Cl2N4O4S. The Kier molecular flexibility index (Phi) is 8.91. The van der Waals surface area contributed by atoms with Crippen LogP contribution in [0.1, 0.15) is 24.0 Å². The molecule has 0 N–H and O–H groups in total. The standard InChI is InChI=1S/C26H34Cl2N4O4S/c1-4-36-21-8-5-19(6-9-21)16-29(2)25-18-31(17-22(25)20-7-10-23(27)24(28)15-20)26(33)30-11-13-32(14-12-30)37(3,34)35/h5-10,15,22,25H,4,11-14,16-18H2,1-3H3/t22-,25+/m1/s1. The molecule has 2 aromatic rings. The van der Waals surface area contributed by atoms with Crippen molar-refractivity contribution in [1.82, 2.24) is 19.0 Å². The van der Waals surface area contributed by atoms with Crippen molar-refractivity contribution in [1.29, 1.82) is 0 Å². The van der Waals surface area contributed by atoms with Gasteiger partial charge in [0.1, 0.15) is 5.75 Å². The van der Waals surface area contributed by atoms with E-state index < -0.39 is 10.0 Å². The van der Waals surface area contributed by atoms with Crippen LogP contribution in [0.4, 0.5) is 4.79 Å². The van der Waals surface area contributed by atoms with Crippen LogP contribution >= 0.6 is 23.2 Å². The lowest BCUT2D eigenvalue weighted by atomic mass is 9.93. The number of urea groups is 1. The van der Waals surface area contributed by atoms with Crippen LogP contribution in [0.2, 0.25) is 10.0 Å². The van der Waals surface area contributed by atoms with Crippen molar-refractivity contribution in [3.63, 3.8) is 0 Å². The summed E-state index contributed by atoms with van der Waals surface area (Å²) in [5.74, 6) is 0.889. The number of likely N-dealkylation sites (tertiary alicyclic amines) is 1. The Balaban J connectivity index is 1.51. The number of halogens is 2. The highest BCUT2D eigenvalue weighted by Gasteiger charge is 2.40. The van der Waals surface area contributed by atoms with Crippen molar-refractivity contribution in [2.45, 2.75) is 25.4 Å². The van der Waals surface area contributed by atoms with E-state index in [-0.39, 0.29) is 18.0 Å². The van der Waals surface area contributed by atoms with Gasteiger partial charge >= 0.3 is 6.03 Å². The Hall–Kier alpha value is -2.04. The molecule has 0 bridgehead atoms. The summed E-state index contributed by atoms with van der Waals surface area (Å²) in [6, 6.07) is 13.8. The van der Waals surface area contributed by atoms with Gasteiger partial charge in [-0.2, -0.15) is 4.31 Å². The third kappa shape index (κ3) is 6.70. The van der Waals surface area contributed by atoms with E-state index in [1.807, 2.05) is 36.1 Å². The lowest BCUT2D eigenvalue weighted by molar-refractivity contribution is 0.138. The van der Waals surface area contributed by atoms with Crippen molar-refractivity contribution in [2.75, 3.05) is 59.2 Å². The smallest absolute Gasteiger partial charge is 0.320 e. The molecule has 0 unspecified atom stereocenters. The van der Waals surface area contributed by atoms with Gasteiger partial charge in [0.05, 0.1) is 22.9 Å². The topological polar surface area (TPSA) is 73.4 Å². The third-order valence-electron chi connectivity index (χ3n) is 7.14. The molecule has 2 aliphatic heterocycles. The molecule has 2 saturated heterocycles. The number of rotatable bonds is 7. The Morgan fingerprint density at radius 1 is 1.00 bits per heavy atom. The van der Waals surface area contributed by atoms with Gasteiger partial charge in [-0.15, -0.1) is 0 Å². The van der Waals surface area contributed by atoms with Crippen LogP contribution in [0.5, 0.6) is 5.75 Å². The molecule has 37 heavy (non-hydrogen) atoms. The predicted molar refractivity (Wildman–Crippen MR) is 147 cm³/mol. The molecule has 0 radical (unpaired) electrons. The second-order valence-electron chi connectivity index (χ2n) is 9.68. The summed E-state index contributed by atoms with van der Waals surface area (Å²) in [4.78, 5) is 19.4. The number of ether oxygens (including phenoxy) is 1. The van der Waals surface area contributed by atoms with Crippen LogP contribution in [0.3, 0.4) is 0 Å². The molecule has 0 spiro atoms. The number of carbonyl (C=O) groups excluding carboxylic acids is 1. The Bertz CT molecular complexity index is 1200. The molecule has 0 saturated carbocycles. The van der Waals surface area contributed by atoms with Gasteiger partial charge in [-0.25, -0.2) is 13.2 Å². The summed E-state index contributed by atoms with van der Waals surface area (Å²) >= 11 is 12.5. The van der Waals surface area contributed by atoms with Gasteiger partial charge in [0.25, 0.3) is 0 Å². The number of carbonyl (C=O) groups is 1. The number of hydrogen-bond donors (Lipinski definition) is 0. The minimum Gasteiger partial charge on any atom is -0.494 e. The fraction of sp³-hybridized carbons (Fsp3) is 0.500. The zero-order valence-corrected chi connectivity index (χ0v) is 23.8. The van der Waals surface area contributed by atoms with E-state index in [1.165, 1.54) is 10.6 Å². The van der Waals surface area contributed by atoms with E-state index in [4.69, 9.17) is 27.9 Å². The molecule has 8 nitrogen and oxygen atoms in total. The number of nitrogens with zero attached hydrogens (tertiary/aromatic N) is 4. The number of piperazine rings is 1. The van der Waals surface area contributed by atoms with Crippen molar-refractivity contribution in [3.8, 4) is 5.75 Å². The summed E-state index contributed by atoms with van der Waals surface area (Å²) < 4.78 is 30.7. The summed E-state index contributed by atoms with van der Waals surface area (Å²) in [5.41, 5.74) is 2.19.